The van der Waals surface area contributed by atoms with E-state index in [1.807, 2.05) is 24.3 Å². The second kappa shape index (κ2) is 6.63. The van der Waals surface area contributed by atoms with Crippen molar-refractivity contribution < 1.29 is 9.53 Å². The van der Waals surface area contributed by atoms with E-state index in [2.05, 4.69) is 29.2 Å². The normalized spacial score (nSPS) is 18.2. The first-order chi connectivity index (χ1) is 10.8. The van der Waals surface area contributed by atoms with E-state index in [0.717, 1.165) is 43.5 Å². The molecule has 4 heteroatoms. The van der Waals surface area contributed by atoms with E-state index < -0.39 is 0 Å². The highest BCUT2D eigenvalue weighted by atomic mass is 35.5. The Labute approximate surface area is 142 Å². The molecule has 2 aliphatic heterocycles. The molecule has 0 fully saturated rings. The van der Waals surface area contributed by atoms with Crippen LogP contribution in [0.25, 0.3) is 0 Å². The number of fused-ring (bicyclic) bond motifs is 2. The lowest BCUT2D eigenvalue weighted by Crippen LogP contribution is -2.22. The molecule has 0 N–H and O–H groups in total. The zero-order valence-corrected chi connectivity index (χ0v) is 13.7. The summed E-state index contributed by atoms with van der Waals surface area (Å²) in [6.07, 6.45) is 2.99. The van der Waals surface area contributed by atoms with Gasteiger partial charge in [-0.05, 0) is 37.0 Å². The number of anilines is 1. The Kier molecular flexibility index (Phi) is 4.58. The standard InChI is InChI=1S/C19H19NO2.ClH/c21-19-16-8-3-2-7-15(16)18(22-19)10-5-12-20-13-11-14-6-1-4-9-17(14)20;/h1-4,6-9,18H,5,10-13H2;1H. The van der Waals surface area contributed by atoms with Crippen molar-refractivity contribution in [3.63, 3.8) is 0 Å². The lowest BCUT2D eigenvalue weighted by Gasteiger charge is -2.20. The van der Waals surface area contributed by atoms with Crippen LogP contribution in [-0.2, 0) is 11.2 Å². The number of hydrogen-bond acceptors (Lipinski definition) is 3. The summed E-state index contributed by atoms with van der Waals surface area (Å²) < 4.78 is 5.51. The van der Waals surface area contributed by atoms with Crippen LogP contribution < -0.4 is 4.90 Å². The average molecular weight is 330 g/mol. The Bertz CT molecular complexity index is 716. The van der Waals surface area contributed by atoms with E-state index in [0.29, 0.717) is 0 Å². The summed E-state index contributed by atoms with van der Waals surface area (Å²) in [6.45, 7) is 2.12. The van der Waals surface area contributed by atoms with Gasteiger partial charge >= 0.3 is 5.97 Å². The quantitative estimate of drug-likeness (QED) is 0.789. The number of cyclic esters (lactones) is 1. The van der Waals surface area contributed by atoms with E-state index in [4.69, 9.17) is 4.74 Å². The third-order valence-electron chi connectivity index (χ3n) is 4.65. The molecule has 1 unspecified atom stereocenters. The first-order valence-electron chi connectivity index (χ1n) is 7.96. The molecule has 23 heavy (non-hydrogen) atoms. The number of para-hydroxylation sites is 1. The van der Waals surface area contributed by atoms with Gasteiger partial charge in [0.1, 0.15) is 6.10 Å². The lowest BCUT2D eigenvalue weighted by atomic mass is 10.0. The number of rotatable bonds is 4. The van der Waals surface area contributed by atoms with Crippen molar-refractivity contribution in [2.45, 2.75) is 25.4 Å². The third kappa shape index (κ3) is 2.93. The fourth-order valence-electron chi connectivity index (χ4n) is 3.54. The van der Waals surface area contributed by atoms with E-state index in [1.165, 1.54) is 11.3 Å². The monoisotopic (exact) mass is 329 g/mol. The number of nitrogens with zero attached hydrogens (tertiary/aromatic N) is 1. The molecular formula is C19H20ClNO2. The Morgan fingerprint density at radius 2 is 1.87 bits per heavy atom. The van der Waals surface area contributed by atoms with Crippen LogP contribution in [0, 0.1) is 0 Å². The van der Waals surface area contributed by atoms with E-state index in [1.54, 1.807) is 0 Å². The number of carbonyl (C=O) groups is 1. The van der Waals surface area contributed by atoms with Crippen molar-refractivity contribution in [3.05, 3.63) is 65.2 Å². The van der Waals surface area contributed by atoms with Crippen LogP contribution in [0.5, 0.6) is 0 Å². The summed E-state index contributed by atoms with van der Waals surface area (Å²) in [6, 6.07) is 16.4. The van der Waals surface area contributed by atoms with Gasteiger partial charge in [0.05, 0.1) is 5.56 Å². The summed E-state index contributed by atoms with van der Waals surface area (Å²) in [5, 5.41) is 0. The Morgan fingerprint density at radius 1 is 1.09 bits per heavy atom. The number of carbonyl (C=O) groups excluding carboxylic acids is 1. The van der Waals surface area contributed by atoms with Crippen molar-refractivity contribution in [3.8, 4) is 0 Å². The van der Waals surface area contributed by atoms with Crippen LogP contribution in [0.3, 0.4) is 0 Å². The molecule has 2 aromatic carbocycles. The highest BCUT2D eigenvalue weighted by Crippen LogP contribution is 2.34. The van der Waals surface area contributed by atoms with E-state index >= 15 is 0 Å². The van der Waals surface area contributed by atoms with Crippen LogP contribution >= 0.6 is 12.4 Å². The molecule has 3 nitrogen and oxygen atoms in total. The van der Waals surface area contributed by atoms with Gasteiger partial charge in [-0.2, -0.15) is 0 Å². The minimum atomic E-state index is -0.174. The number of benzene rings is 2. The third-order valence-corrected chi connectivity index (χ3v) is 4.65. The fraction of sp³-hybridized carbons (Fsp3) is 0.316. The first kappa shape index (κ1) is 15.9. The minimum absolute atomic E-state index is 0. The van der Waals surface area contributed by atoms with Gasteiger partial charge in [-0.15, -0.1) is 12.4 Å². The van der Waals surface area contributed by atoms with Crippen molar-refractivity contribution >= 4 is 24.1 Å². The van der Waals surface area contributed by atoms with Crippen molar-refractivity contribution in [1.82, 2.24) is 0 Å². The molecule has 4 rings (SSSR count). The first-order valence-corrected chi connectivity index (χ1v) is 7.96. The number of halogens is 1. The van der Waals surface area contributed by atoms with Gasteiger partial charge in [0, 0.05) is 24.3 Å². The molecule has 120 valence electrons. The van der Waals surface area contributed by atoms with Gasteiger partial charge in [-0.25, -0.2) is 4.79 Å². The van der Waals surface area contributed by atoms with Crippen molar-refractivity contribution in [2.24, 2.45) is 0 Å². The average Bonchev–Trinajstić information content (AvgIpc) is 3.10. The largest absolute Gasteiger partial charge is 0.454 e. The summed E-state index contributed by atoms with van der Waals surface area (Å²) in [5.41, 5.74) is 4.60. The highest BCUT2D eigenvalue weighted by molar-refractivity contribution is 5.93. The van der Waals surface area contributed by atoms with Gasteiger partial charge < -0.3 is 9.64 Å². The van der Waals surface area contributed by atoms with Gasteiger partial charge in [-0.1, -0.05) is 36.4 Å². The predicted octanol–water partition coefficient (Wildman–Crippen LogP) is 4.16. The Balaban J connectivity index is 0.00000156. The summed E-state index contributed by atoms with van der Waals surface area (Å²) in [4.78, 5) is 14.3. The molecular weight excluding hydrogens is 310 g/mol. The molecule has 0 saturated heterocycles. The van der Waals surface area contributed by atoms with Crippen molar-refractivity contribution in [1.29, 1.82) is 0 Å². The zero-order chi connectivity index (χ0) is 14.9. The molecule has 1 atom stereocenters. The lowest BCUT2D eigenvalue weighted by molar-refractivity contribution is 0.0366. The van der Waals surface area contributed by atoms with Gasteiger partial charge in [0.25, 0.3) is 0 Å². The highest BCUT2D eigenvalue weighted by Gasteiger charge is 2.30. The second-order valence-corrected chi connectivity index (χ2v) is 5.99. The topological polar surface area (TPSA) is 29.5 Å². The SMILES string of the molecule is Cl.O=C1OC(CCCN2CCc3ccccc32)c2ccccc21. The Hall–Kier alpha value is -2.00. The van der Waals surface area contributed by atoms with Crippen LogP contribution in [0.2, 0.25) is 0 Å². The maximum absolute atomic E-state index is 11.8. The van der Waals surface area contributed by atoms with Crippen LogP contribution in [0.15, 0.2) is 48.5 Å². The van der Waals surface area contributed by atoms with Gasteiger partial charge in [-0.3, -0.25) is 0 Å². The molecule has 0 bridgehead atoms. The van der Waals surface area contributed by atoms with E-state index in [9.17, 15) is 4.79 Å². The molecule has 2 aromatic rings. The second-order valence-electron chi connectivity index (χ2n) is 5.99. The summed E-state index contributed by atoms with van der Waals surface area (Å²) in [7, 11) is 0. The molecule has 0 saturated carbocycles. The number of hydrogen-bond donors (Lipinski definition) is 0. The van der Waals surface area contributed by atoms with E-state index in [-0.39, 0.29) is 24.5 Å². The number of esters is 1. The predicted molar refractivity (Wildman–Crippen MR) is 93.4 cm³/mol. The maximum atomic E-state index is 11.8. The van der Waals surface area contributed by atoms with Crippen LogP contribution in [-0.4, -0.2) is 19.1 Å². The summed E-state index contributed by atoms with van der Waals surface area (Å²) in [5.74, 6) is -0.174. The molecule has 0 aromatic heterocycles. The van der Waals surface area contributed by atoms with Gasteiger partial charge in [0.15, 0.2) is 0 Å². The zero-order valence-electron chi connectivity index (χ0n) is 12.9. The number of ether oxygens (including phenoxy) is 1. The molecule has 0 spiro atoms. The molecule has 2 aliphatic rings. The molecule has 0 amide bonds. The summed E-state index contributed by atoms with van der Waals surface area (Å²) >= 11 is 0. The maximum Gasteiger partial charge on any atom is 0.339 e. The van der Waals surface area contributed by atoms with Crippen LogP contribution in [0.4, 0.5) is 5.69 Å². The molecule has 2 heterocycles. The van der Waals surface area contributed by atoms with Gasteiger partial charge in [0.2, 0.25) is 0 Å². The molecule has 0 radical (unpaired) electrons. The fourth-order valence-corrected chi connectivity index (χ4v) is 3.54. The minimum Gasteiger partial charge on any atom is -0.454 e. The molecule has 0 aliphatic carbocycles. The van der Waals surface area contributed by atoms with Crippen LogP contribution in [0.1, 0.15) is 40.4 Å². The smallest absolute Gasteiger partial charge is 0.339 e. The Morgan fingerprint density at radius 3 is 2.78 bits per heavy atom. The van der Waals surface area contributed by atoms with Crippen molar-refractivity contribution in [2.75, 3.05) is 18.0 Å².